The molecule has 0 radical (unpaired) electrons. The van der Waals surface area contributed by atoms with Crippen molar-refractivity contribution in [2.24, 2.45) is 0 Å². The van der Waals surface area contributed by atoms with Gasteiger partial charge in [0.05, 0.1) is 4.88 Å². The fourth-order valence-corrected chi connectivity index (χ4v) is 2.86. The number of carbonyl (C=O) groups is 2. The lowest BCUT2D eigenvalue weighted by Gasteiger charge is -2.10. The Morgan fingerprint density at radius 1 is 1.33 bits per heavy atom. The van der Waals surface area contributed by atoms with Crippen LogP contribution in [0.5, 0.6) is 0 Å². The Kier molecular flexibility index (Phi) is 4.15. The second-order valence-electron chi connectivity index (χ2n) is 4.33. The van der Waals surface area contributed by atoms with E-state index in [1.54, 1.807) is 12.1 Å². The second-order valence-corrected chi connectivity index (χ2v) is 5.44. The monoisotopic (exact) mass is 265 g/mol. The van der Waals surface area contributed by atoms with Crippen molar-refractivity contribution in [3.63, 3.8) is 0 Å². The number of carbonyl (C=O) groups excluding carboxylic acids is 1. The predicted octanol–water partition coefficient (Wildman–Crippen LogP) is 2.52. The van der Waals surface area contributed by atoms with Crippen LogP contribution < -0.4 is 5.32 Å². The van der Waals surface area contributed by atoms with Crippen molar-refractivity contribution in [1.82, 2.24) is 5.32 Å². The molecule has 1 heterocycles. The Morgan fingerprint density at radius 2 is 2.06 bits per heavy atom. The highest BCUT2D eigenvalue weighted by molar-refractivity contribution is 7.14. The molecule has 0 unspecified atom stereocenters. The zero-order valence-electron chi connectivity index (χ0n) is 9.89. The van der Waals surface area contributed by atoms with Gasteiger partial charge in [-0.2, -0.15) is 0 Å². The summed E-state index contributed by atoms with van der Waals surface area (Å²) in [6, 6.07) is 3.79. The highest BCUT2D eigenvalue weighted by atomic mass is 32.1. The normalized spacial score (nSPS) is 16.2. The number of hydrogen-bond acceptors (Lipinski definition) is 3. The van der Waals surface area contributed by atoms with Gasteiger partial charge < -0.3 is 10.4 Å². The molecule has 0 atom stereocenters. The van der Waals surface area contributed by atoms with E-state index in [2.05, 4.69) is 5.32 Å². The van der Waals surface area contributed by atoms with Gasteiger partial charge in [0.2, 0.25) is 0 Å². The summed E-state index contributed by atoms with van der Waals surface area (Å²) < 4.78 is 0. The number of hydrogen-bond donors (Lipinski definition) is 2. The summed E-state index contributed by atoms with van der Waals surface area (Å²) in [4.78, 5) is 23.7. The van der Waals surface area contributed by atoms with Crippen LogP contribution in [-0.4, -0.2) is 23.0 Å². The maximum Gasteiger partial charge on any atom is 0.328 e. The molecule has 96 valence electrons. The molecule has 5 heteroatoms. The molecular formula is C13H15NO3S. The minimum Gasteiger partial charge on any atom is -0.478 e. The van der Waals surface area contributed by atoms with Gasteiger partial charge in [-0.1, -0.05) is 12.8 Å². The molecule has 1 aromatic rings. The first kappa shape index (κ1) is 12.8. The molecule has 4 nitrogen and oxygen atoms in total. The first-order chi connectivity index (χ1) is 8.65. The van der Waals surface area contributed by atoms with E-state index in [1.165, 1.54) is 30.3 Å². The van der Waals surface area contributed by atoms with Gasteiger partial charge in [-0.15, -0.1) is 11.3 Å². The van der Waals surface area contributed by atoms with Crippen molar-refractivity contribution in [2.45, 2.75) is 31.7 Å². The van der Waals surface area contributed by atoms with E-state index in [1.807, 2.05) is 0 Å². The van der Waals surface area contributed by atoms with Crippen LogP contribution in [0.15, 0.2) is 18.2 Å². The molecule has 0 bridgehead atoms. The molecule has 1 aromatic heterocycles. The highest BCUT2D eigenvalue weighted by Gasteiger charge is 2.18. The van der Waals surface area contributed by atoms with Gasteiger partial charge in [0.15, 0.2) is 0 Å². The summed E-state index contributed by atoms with van der Waals surface area (Å²) in [6.45, 7) is 0. The number of aliphatic carboxylic acids is 1. The largest absolute Gasteiger partial charge is 0.478 e. The third-order valence-electron chi connectivity index (χ3n) is 2.93. The smallest absolute Gasteiger partial charge is 0.328 e. The molecule has 2 rings (SSSR count). The van der Waals surface area contributed by atoms with Gasteiger partial charge in [-0.05, 0) is 31.1 Å². The summed E-state index contributed by atoms with van der Waals surface area (Å²) in [5, 5.41) is 11.5. The quantitative estimate of drug-likeness (QED) is 0.822. The zero-order valence-corrected chi connectivity index (χ0v) is 10.7. The van der Waals surface area contributed by atoms with E-state index in [0.717, 1.165) is 23.8 Å². The zero-order chi connectivity index (χ0) is 13.0. The fourth-order valence-electron chi connectivity index (χ4n) is 2.04. The number of thiophene rings is 1. The number of rotatable bonds is 4. The summed E-state index contributed by atoms with van der Waals surface area (Å²) >= 11 is 1.30. The topological polar surface area (TPSA) is 66.4 Å². The van der Waals surface area contributed by atoms with Crippen molar-refractivity contribution in [3.05, 3.63) is 28.0 Å². The molecule has 0 saturated heterocycles. The van der Waals surface area contributed by atoms with Gasteiger partial charge in [-0.25, -0.2) is 4.79 Å². The number of carboxylic acid groups (broad SMARTS) is 1. The minimum atomic E-state index is -0.986. The average molecular weight is 265 g/mol. The van der Waals surface area contributed by atoms with Crippen LogP contribution in [0.2, 0.25) is 0 Å². The maximum atomic E-state index is 11.9. The third-order valence-corrected chi connectivity index (χ3v) is 3.98. The lowest BCUT2D eigenvalue weighted by Crippen LogP contribution is -2.31. The van der Waals surface area contributed by atoms with E-state index in [-0.39, 0.29) is 5.91 Å². The Labute approximate surface area is 109 Å². The average Bonchev–Trinajstić information content (AvgIpc) is 2.96. The van der Waals surface area contributed by atoms with Crippen molar-refractivity contribution in [1.29, 1.82) is 0 Å². The minimum absolute atomic E-state index is 0.0538. The fraction of sp³-hybridized carbons (Fsp3) is 0.385. The standard InChI is InChI=1S/C13H15NO3S/c15-12(16)8-6-10-5-7-11(18-10)13(17)14-9-3-1-2-4-9/h5-9H,1-4H2,(H,14,17)(H,15,16)/b8-6+. The lowest BCUT2D eigenvalue weighted by molar-refractivity contribution is -0.131. The second kappa shape index (κ2) is 5.82. The highest BCUT2D eigenvalue weighted by Crippen LogP contribution is 2.21. The molecule has 0 aliphatic heterocycles. The Bertz CT molecular complexity index is 472. The van der Waals surface area contributed by atoms with Crippen molar-refractivity contribution >= 4 is 29.3 Å². The molecule has 0 spiro atoms. The van der Waals surface area contributed by atoms with Gasteiger partial charge in [0.25, 0.3) is 5.91 Å². The van der Waals surface area contributed by atoms with Crippen LogP contribution in [0, 0.1) is 0 Å². The lowest BCUT2D eigenvalue weighted by atomic mass is 10.2. The third kappa shape index (κ3) is 3.43. The maximum absolute atomic E-state index is 11.9. The predicted molar refractivity (Wildman–Crippen MR) is 70.7 cm³/mol. The van der Waals surface area contributed by atoms with E-state index >= 15 is 0 Å². The molecular weight excluding hydrogens is 250 g/mol. The van der Waals surface area contributed by atoms with E-state index < -0.39 is 5.97 Å². The molecule has 1 aliphatic rings. The molecule has 2 N–H and O–H groups in total. The van der Waals surface area contributed by atoms with E-state index in [4.69, 9.17) is 5.11 Å². The summed E-state index contributed by atoms with van der Waals surface area (Å²) in [7, 11) is 0. The summed E-state index contributed by atoms with van der Waals surface area (Å²) in [5.41, 5.74) is 0. The van der Waals surface area contributed by atoms with Crippen molar-refractivity contribution in [3.8, 4) is 0 Å². The van der Waals surface area contributed by atoms with Gasteiger partial charge >= 0.3 is 5.97 Å². The molecule has 1 fully saturated rings. The SMILES string of the molecule is O=C(O)/C=C/c1ccc(C(=O)NC2CCCC2)s1. The first-order valence-corrected chi connectivity index (χ1v) is 6.78. The van der Waals surface area contributed by atoms with Crippen LogP contribution in [-0.2, 0) is 4.79 Å². The van der Waals surface area contributed by atoms with Gasteiger partial charge in [0.1, 0.15) is 0 Å². The van der Waals surface area contributed by atoms with Crippen LogP contribution in [0.3, 0.4) is 0 Å². The van der Waals surface area contributed by atoms with Crippen molar-refractivity contribution in [2.75, 3.05) is 0 Å². The van der Waals surface area contributed by atoms with Crippen LogP contribution in [0.4, 0.5) is 0 Å². The molecule has 1 amide bonds. The van der Waals surface area contributed by atoms with Crippen LogP contribution in [0.1, 0.15) is 40.2 Å². The summed E-state index contributed by atoms with van der Waals surface area (Å²) in [5.74, 6) is -1.04. The Balaban J connectivity index is 1.96. The van der Waals surface area contributed by atoms with E-state index in [0.29, 0.717) is 10.9 Å². The number of amides is 1. The number of carboxylic acids is 1. The first-order valence-electron chi connectivity index (χ1n) is 5.97. The van der Waals surface area contributed by atoms with Crippen molar-refractivity contribution < 1.29 is 14.7 Å². The van der Waals surface area contributed by atoms with Gasteiger partial charge in [-0.3, -0.25) is 4.79 Å². The summed E-state index contributed by atoms with van der Waals surface area (Å²) in [6.07, 6.45) is 7.06. The molecule has 0 aromatic carbocycles. The Morgan fingerprint density at radius 3 is 2.72 bits per heavy atom. The molecule has 18 heavy (non-hydrogen) atoms. The Hall–Kier alpha value is -1.62. The molecule has 1 aliphatic carbocycles. The number of nitrogens with one attached hydrogen (secondary N) is 1. The molecule has 1 saturated carbocycles. The van der Waals surface area contributed by atoms with Crippen LogP contribution >= 0.6 is 11.3 Å². The van der Waals surface area contributed by atoms with Gasteiger partial charge in [0, 0.05) is 17.0 Å². The van der Waals surface area contributed by atoms with E-state index in [9.17, 15) is 9.59 Å². The van der Waals surface area contributed by atoms with Crippen LogP contribution in [0.25, 0.3) is 6.08 Å².